The van der Waals surface area contributed by atoms with Gasteiger partial charge in [0.05, 0.1) is 0 Å². The standard InChI is InChI=1S/C19HI15/c20-5-2(6(21)12(27)17(32)11(5)26)1(3-7(22)13(28)18(33)14(29)8(3)23)4-9(24)15(30)19(34)16(31)10(4)25/h1H. The summed E-state index contributed by atoms with van der Waals surface area (Å²) < 4.78 is 20.3. The van der Waals surface area contributed by atoms with E-state index in [-0.39, 0.29) is 5.92 Å². The van der Waals surface area contributed by atoms with E-state index in [1.54, 1.807) is 0 Å². The Bertz CT molecular complexity index is 1110. The fourth-order valence-electron chi connectivity index (χ4n) is 3.06. The summed E-state index contributed by atoms with van der Waals surface area (Å²) in [4.78, 5) is 0. The van der Waals surface area contributed by atoms with E-state index in [1.165, 1.54) is 70.2 Å². The summed E-state index contributed by atoms with van der Waals surface area (Å²) in [5, 5.41) is 0. The van der Waals surface area contributed by atoms with Crippen LogP contribution in [0.15, 0.2) is 0 Å². The number of halogens is 15. The molecule has 3 aromatic rings. The highest BCUT2D eigenvalue weighted by molar-refractivity contribution is 14.1. The molecule has 0 aromatic heterocycles. The average Bonchev–Trinajstić information content (AvgIpc) is 2.81. The molecule has 3 rings (SSSR count). The zero-order valence-corrected chi connectivity index (χ0v) is 47.6. The van der Waals surface area contributed by atoms with Crippen molar-refractivity contribution in [1.82, 2.24) is 0 Å². The SMILES string of the molecule is Ic1c(I)c(I)c(C(c2c(I)c(I)c(I)c(I)c2I)c2c(I)c(I)c(I)c(I)c2I)c(I)c1I. The summed E-state index contributed by atoms with van der Waals surface area (Å²) in [5.74, 6) is 0.147. The van der Waals surface area contributed by atoms with Crippen molar-refractivity contribution in [2.75, 3.05) is 0 Å². The Morgan fingerprint density at radius 1 is 0.206 bits per heavy atom. The molecular weight excluding hydrogens is 2130 g/mol. The number of rotatable bonds is 3. The van der Waals surface area contributed by atoms with E-state index in [2.05, 4.69) is 339 Å². The van der Waals surface area contributed by atoms with Crippen LogP contribution in [-0.4, -0.2) is 0 Å². The summed E-state index contributed by atoms with van der Waals surface area (Å²) in [7, 11) is 0. The van der Waals surface area contributed by atoms with Gasteiger partial charge in [-0.25, -0.2) is 0 Å². The van der Waals surface area contributed by atoms with Gasteiger partial charge in [-0.15, -0.1) is 0 Å². The zero-order chi connectivity index (χ0) is 26.0. The van der Waals surface area contributed by atoms with Crippen LogP contribution in [0, 0.1) is 53.6 Å². The molecule has 34 heavy (non-hydrogen) atoms. The lowest BCUT2D eigenvalue weighted by atomic mass is 9.85. The predicted molar refractivity (Wildman–Crippen MR) is 271 cm³/mol. The Hall–Kier alpha value is 8.61. The molecule has 0 heterocycles. The van der Waals surface area contributed by atoms with E-state index in [0.717, 1.165) is 0 Å². The Balaban J connectivity index is 2.68. The molecule has 0 atom stereocenters. The second-order valence-electron chi connectivity index (χ2n) is 6.38. The summed E-state index contributed by atoms with van der Waals surface area (Å²) in [6, 6.07) is 0. The van der Waals surface area contributed by atoms with Gasteiger partial charge in [-0.05, 0) is 356 Å². The van der Waals surface area contributed by atoms with Crippen molar-refractivity contribution in [2.24, 2.45) is 0 Å². The maximum Gasteiger partial charge on any atom is 0.0419 e. The van der Waals surface area contributed by atoms with Crippen LogP contribution in [0.2, 0.25) is 0 Å². The van der Waals surface area contributed by atoms with Gasteiger partial charge in [0, 0.05) is 59.5 Å². The number of benzene rings is 3. The van der Waals surface area contributed by atoms with Gasteiger partial charge in [-0.1, -0.05) is 0 Å². The summed E-state index contributed by atoms with van der Waals surface area (Å²) in [5.41, 5.74) is 4.30. The molecule has 0 aliphatic rings. The first-order valence-corrected chi connectivity index (χ1v) is 24.4. The minimum atomic E-state index is 0.147. The van der Waals surface area contributed by atoms with Gasteiger partial charge in [0.1, 0.15) is 0 Å². The first-order chi connectivity index (χ1) is 15.7. The molecule has 0 aliphatic heterocycles. The Morgan fingerprint density at radius 3 is 0.471 bits per heavy atom. The number of hydrogen-bond acceptors (Lipinski definition) is 0. The van der Waals surface area contributed by atoms with Crippen LogP contribution in [0.1, 0.15) is 22.6 Å². The van der Waals surface area contributed by atoms with Crippen LogP contribution in [0.3, 0.4) is 0 Å². The van der Waals surface area contributed by atoms with E-state index in [1.807, 2.05) is 0 Å². The lowest BCUT2D eigenvalue weighted by Gasteiger charge is -2.29. The van der Waals surface area contributed by atoms with Crippen molar-refractivity contribution >= 4 is 339 Å². The minimum Gasteiger partial charge on any atom is -0.0427 e. The molecule has 0 saturated heterocycles. The van der Waals surface area contributed by atoms with E-state index in [0.29, 0.717) is 0 Å². The third-order valence-corrected chi connectivity index (χ3v) is 33.4. The molecule has 0 amide bonds. The minimum absolute atomic E-state index is 0.147. The van der Waals surface area contributed by atoms with Gasteiger partial charge < -0.3 is 0 Å². The molecule has 0 saturated carbocycles. The molecule has 0 bridgehead atoms. The second kappa shape index (κ2) is 15.9. The fraction of sp³-hybridized carbons (Fsp3) is 0.0526. The van der Waals surface area contributed by atoms with E-state index in [4.69, 9.17) is 0 Å². The highest BCUT2D eigenvalue weighted by Crippen LogP contribution is 2.50. The molecule has 0 N–H and O–H groups in total. The van der Waals surface area contributed by atoms with Crippen LogP contribution in [0.25, 0.3) is 0 Å². The molecule has 0 nitrogen and oxygen atoms in total. The van der Waals surface area contributed by atoms with Crippen LogP contribution in [0.5, 0.6) is 0 Å². The normalized spacial score (nSPS) is 11.6. The monoisotopic (exact) mass is 2130 g/mol. The van der Waals surface area contributed by atoms with Crippen LogP contribution >= 0.6 is 339 Å². The molecule has 0 spiro atoms. The molecule has 15 heteroatoms. The van der Waals surface area contributed by atoms with Gasteiger partial charge in [-0.2, -0.15) is 0 Å². The summed E-state index contributed by atoms with van der Waals surface area (Å²) in [6.07, 6.45) is 0. The highest BCUT2D eigenvalue weighted by atomic mass is 127. The average molecular weight is 2130 g/mol. The maximum absolute atomic E-state index is 2.60. The molecular formula is C19HI15. The molecule has 0 unspecified atom stereocenters. The lowest BCUT2D eigenvalue weighted by Crippen LogP contribution is -2.19. The van der Waals surface area contributed by atoms with Crippen LogP contribution in [0.4, 0.5) is 0 Å². The van der Waals surface area contributed by atoms with Gasteiger partial charge in [0.25, 0.3) is 0 Å². The van der Waals surface area contributed by atoms with E-state index < -0.39 is 0 Å². The summed E-state index contributed by atoms with van der Waals surface area (Å²) >= 11 is 38.4. The molecule has 182 valence electrons. The smallest absolute Gasteiger partial charge is 0.0419 e. The van der Waals surface area contributed by atoms with E-state index in [9.17, 15) is 0 Å². The van der Waals surface area contributed by atoms with Crippen molar-refractivity contribution in [3.63, 3.8) is 0 Å². The largest absolute Gasteiger partial charge is 0.0427 e. The van der Waals surface area contributed by atoms with Gasteiger partial charge >= 0.3 is 0 Å². The first-order valence-electron chi connectivity index (χ1n) is 8.20. The molecule has 3 aromatic carbocycles. The maximum atomic E-state index is 2.60. The fourth-order valence-corrected chi connectivity index (χ4v) is 19.3. The third-order valence-electron chi connectivity index (χ3n) is 4.60. The quantitative estimate of drug-likeness (QED) is 0.106. The van der Waals surface area contributed by atoms with Crippen LogP contribution in [-0.2, 0) is 0 Å². The van der Waals surface area contributed by atoms with Gasteiger partial charge in [-0.3, -0.25) is 0 Å². The molecule has 0 fully saturated rings. The summed E-state index contributed by atoms with van der Waals surface area (Å²) in [6.45, 7) is 0. The van der Waals surface area contributed by atoms with Crippen molar-refractivity contribution < 1.29 is 0 Å². The van der Waals surface area contributed by atoms with Crippen molar-refractivity contribution in [1.29, 1.82) is 0 Å². The zero-order valence-electron chi connectivity index (χ0n) is 15.2. The van der Waals surface area contributed by atoms with Crippen molar-refractivity contribution in [2.45, 2.75) is 5.92 Å². The van der Waals surface area contributed by atoms with Crippen molar-refractivity contribution in [3.05, 3.63) is 70.2 Å². The van der Waals surface area contributed by atoms with E-state index >= 15 is 0 Å². The number of hydrogen-bond donors (Lipinski definition) is 0. The Labute approximate surface area is 403 Å². The topological polar surface area (TPSA) is 0 Å². The Morgan fingerprint density at radius 2 is 0.324 bits per heavy atom. The molecule has 0 radical (unpaired) electrons. The lowest BCUT2D eigenvalue weighted by molar-refractivity contribution is 0.914. The Kier molecular flexibility index (Phi) is 17.4. The second-order valence-corrected chi connectivity index (χ2v) is 22.6. The predicted octanol–water partition coefficient (Wildman–Crippen LogP) is 13.9. The van der Waals surface area contributed by atoms with Crippen molar-refractivity contribution in [3.8, 4) is 0 Å². The molecule has 0 aliphatic carbocycles. The third kappa shape index (κ3) is 7.43. The van der Waals surface area contributed by atoms with Gasteiger partial charge in [0.15, 0.2) is 0 Å². The first kappa shape index (κ1) is 37.1. The van der Waals surface area contributed by atoms with Gasteiger partial charge in [0.2, 0.25) is 0 Å². The highest BCUT2D eigenvalue weighted by Gasteiger charge is 2.35. The van der Waals surface area contributed by atoms with Crippen LogP contribution < -0.4 is 0 Å².